The maximum absolute atomic E-state index is 8.30. The molecule has 5 heterocycles. The highest BCUT2D eigenvalue weighted by molar-refractivity contribution is 6.25. The van der Waals surface area contributed by atoms with Crippen LogP contribution in [0.2, 0.25) is 0 Å². The summed E-state index contributed by atoms with van der Waals surface area (Å²) >= 11 is 0. The van der Waals surface area contributed by atoms with Crippen LogP contribution in [-0.2, 0) is 0 Å². The number of ether oxygens (including phenoxy) is 1. The molecule has 1 aliphatic rings. The third kappa shape index (κ3) is 4.33. The zero-order chi connectivity index (χ0) is 38.7. The minimum absolute atomic E-state index is 0.181. The lowest BCUT2D eigenvalue weighted by atomic mass is 10.0. The molecule has 6 nitrogen and oxygen atoms in total. The number of hydrogen-bond acceptors (Lipinski definition) is 4. The average Bonchev–Trinajstić information content (AvgIpc) is 3.92. The van der Waals surface area contributed by atoms with Gasteiger partial charge in [0.2, 0.25) is 0 Å². The summed E-state index contributed by atoms with van der Waals surface area (Å²) in [6.07, 6.45) is 1.87. The molecular formula is C49H33N5O. The Kier molecular flexibility index (Phi) is 5.63. The molecule has 7 aromatic carbocycles. The Balaban J connectivity index is 1.09. The maximum atomic E-state index is 8.30. The molecule has 0 bridgehead atoms. The van der Waals surface area contributed by atoms with Gasteiger partial charge in [0.1, 0.15) is 11.5 Å². The van der Waals surface area contributed by atoms with Crippen LogP contribution in [0.5, 0.6) is 11.5 Å². The van der Waals surface area contributed by atoms with Crippen molar-refractivity contribution in [3.8, 4) is 22.6 Å². The fourth-order valence-corrected chi connectivity index (χ4v) is 8.94. The Morgan fingerprint density at radius 3 is 2.00 bits per heavy atom. The number of hydrogen-bond donors (Lipinski definition) is 0. The first kappa shape index (κ1) is 27.3. The van der Waals surface area contributed by atoms with Crippen molar-refractivity contribution in [3.05, 3.63) is 170 Å². The van der Waals surface area contributed by atoms with Crippen molar-refractivity contribution in [1.82, 2.24) is 13.8 Å². The summed E-state index contributed by atoms with van der Waals surface area (Å²) in [6, 6.07) is 56.3. The van der Waals surface area contributed by atoms with Gasteiger partial charge in [0.15, 0.2) is 5.65 Å². The second kappa shape index (κ2) is 11.3. The van der Waals surface area contributed by atoms with Crippen molar-refractivity contribution in [2.45, 2.75) is 0 Å². The minimum atomic E-state index is -2.30. The summed E-state index contributed by atoms with van der Waals surface area (Å²) < 4.78 is 36.4. The third-order valence-electron chi connectivity index (χ3n) is 11.3. The fraction of sp³-hybridized carbons (Fsp3) is 0.0408. The van der Waals surface area contributed by atoms with E-state index in [1.165, 1.54) is 26.6 Å². The predicted octanol–water partition coefficient (Wildman–Crippen LogP) is 12.4. The largest absolute Gasteiger partial charge is 0.457 e. The minimum Gasteiger partial charge on any atom is -0.457 e. The lowest BCUT2D eigenvalue weighted by Gasteiger charge is -2.21. The molecule has 0 fully saturated rings. The molecule has 0 saturated carbocycles. The first-order valence-electron chi connectivity index (χ1n) is 20.0. The van der Waals surface area contributed by atoms with Crippen LogP contribution in [0, 0.1) is 0 Å². The molecule has 0 spiro atoms. The van der Waals surface area contributed by atoms with Crippen LogP contribution in [0.25, 0.3) is 76.7 Å². The molecule has 0 N–H and O–H groups in total. The number of fused-ring (bicyclic) bond motifs is 11. The van der Waals surface area contributed by atoms with Gasteiger partial charge in [-0.2, -0.15) is 0 Å². The molecule has 4 aromatic heterocycles. The van der Waals surface area contributed by atoms with Crippen molar-refractivity contribution < 1.29 is 8.85 Å². The third-order valence-corrected chi connectivity index (χ3v) is 11.3. The Bertz CT molecular complexity index is 3480. The van der Waals surface area contributed by atoms with Gasteiger partial charge in [-0.25, -0.2) is 4.98 Å². The fourth-order valence-electron chi connectivity index (χ4n) is 8.94. The second-order valence-corrected chi connectivity index (χ2v) is 14.3. The lowest BCUT2D eigenvalue weighted by molar-refractivity contribution is 0.483. The summed E-state index contributed by atoms with van der Waals surface area (Å²) in [4.78, 5) is 8.64. The van der Waals surface area contributed by atoms with Gasteiger partial charge in [0.05, 0.1) is 45.6 Å². The summed E-state index contributed by atoms with van der Waals surface area (Å²) in [5.41, 5.74) is 10.5. The van der Waals surface area contributed by atoms with E-state index in [2.05, 4.69) is 112 Å². The van der Waals surface area contributed by atoms with Crippen LogP contribution in [0.15, 0.2) is 170 Å². The van der Waals surface area contributed by atoms with Gasteiger partial charge in [-0.1, -0.05) is 97.1 Å². The number of aromatic nitrogens is 3. The quantitative estimate of drug-likeness (QED) is 0.182. The van der Waals surface area contributed by atoms with E-state index in [0.717, 1.165) is 66.4 Å². The number of benzene rings is 7. The van der Waals surface area contributed by atoms with Crippen LogP contribution in [0.1, 0.15) is 4.11 Å². The van der Waals surface area contributed by atoms with E-state index in [4.69, 9.17) is 13.8 Å². The molecule has 55 heavy (non-hydrogen) atoms. The van der Waals surface area contributed by atoms with Crippen molar-refractivity contribution in [3.63, 3.8) is 0 Å². The van der Waals surface area contributed by atoms with Crippen molar-refractivity contribution in [2.75, 3.05) is 23.4 Å². The number of nitrogens with zero attached hydrogens (tertiary/aromatic N) is 5. The standard InChI is InChI=1S/C49H33N5O/c1-51-30-52(44-21-8-7-20-43(44)51)33-26-32(31-12-3-2-4-13-31)27-35(28-33)55-34-23-24-37-39-16-10-18-41-40-17-9-15-38-36-14-5-6-19-42(36)53(47(38)40)45-22-11-25-50-49(45)54(48(39)41)46(37)29-34/h2-29H,30H2,1H3/i1D3. The van der Waals surface area contributed by atoms with Gasteiger partial charge in [-0.15, -0.1) is 0 Å². The zero-order valence-electron chi connectivity index (χ0n) is 32.5. The summed E-state index contributed by atoms with van der Waals surface area (Å²) in [7, 11) is 0. The van der Waals surface area contributed by atoms with Crippen LogP contribution < -0.4 is 14.5 Å². The average molecular weight is 711 g/mol. The Hall–Kier alpha value is -7.31. The topological polar surface area (TPSA) is 37.4 Å². The number of para-hydroxylation sites is 5. The van der Waals surface area contributed by atoms with E-state index < -0.39 is 6.98 Å². The van der Waals surface area contributed by atoms with E-state index in [1.54, 1.807) is 0 Å². The molecule has 0 saturated heterocycles. The van der Waals surface area contributed by atoms with Crippen molar-refractivity contribution in [2.24, 2.45) is 0 Å². The Morgan fingerprint density at radius 1 is 0.509 bits per heavy atom. The van der Waals surface area contributed by atoms with E-state index in [9.17, 15) is 0 Å². The van der Waals surface area contributed by atoms with Gasteiger partial charge >= 0.3 is 0 Å². The van der Waals surface area contributed by atoms with Gasteiger partial charge in [0, 0.05) is 67.4 Å². The Labute approximate surface area is 320 Å². The molecule has 260 valence electrons. The predicted molar refractivity (Wildman–Crippen MR) is 227 cm³/mol. The zero-order valence-corrected chi connectivity index (χ0v) is 29.5. The van der Waals surface area contributed by atoms with Crippen molar-refractivity contribution in [1.29, 1.82) is 0 Å². The van der Waals surface area contributed by atoms with Gasteiger partial charge in [-0.05, 0) is 65.7 Å². The highest BCUT2D eigenvalue weighted by Crippen LogP contribution is 2.44. The summed E-state index contributed by atoms with van der Waals surface area (Å²) in [6.45, 7) is -2.12. The van der Waals surface area contributed by atoms with Gasteiger partial charge in [0.25, 0.3) is 0 Å². The van der Waals surface area contributed by atoms with Crippen LogP contribution in [0.3, 0.4) is 0 Å². The molecule has 0 radical (unpaired) electrons. The van der Waals surface area contributed by atoms with Crippen molar-refractivity contribution >= 4 is 82.6 Å². The van der Waals surface area contributed by atoms with E-state index >= 15 is 0 Å². The Morgan fingerprint density at radius 2 is 1.18 bits per heavy atom. The van der Waals surface area contributed by atoms with Crippen LogP contribution >= 0.6 is 0 Å². The molecule has 0 unspecified atom stereocenters. The first-order chi connectivity index (χ1) is 28.4. The SMILES string of the molecule is [2H]C([2H])([2H])N1CN(c2cc(Oc3ccc4c5cccc6c7cccc8c9ccccc9n(c9cccnc9n(c4c3)c56)c87)cc(-c3ccccc3)c2)c2ccccc21. The second-order valence-electron chi connectivity index (χ2n) is 14.3. The summed E-state index contributed by atoms with van der Waals surface area (Å²) in [5, 5.41) is 6.95. The maximum Gasteiger partial charge on any atom is 0.162 e. The van der Waals surface area contributed by atoms with E-state index in [-0.39, 0.29) is 6.67 Å². The molecule has 6 heteroatoms. The van der Waals surface area contributed by atoms with E-state index in [0.29, 0.717) is 17.2 Å². The highest BCUT2D eigenvalue weighted by atomic mass is 16.5. The summed E-state index contributed by atoms with van der Waals surface area (Å²) in [5.74, 6) is 1.31. The first-order valence-corrected chi connectivity index (χ1v) is 18.5. The highest BCUT2D eigenvalue weighted by Gasteiger charge is 2.25. The molecule has 11 aromatic rings. The molecule has 0 atom stereocenters. The molecule has 12 rings (SSSR count). The van der Waals surface area contributed by atoms with Gasteiger partial charge < -0.3 is 18.9 Å². The monoisotopic (exact) mass is 710 g/mol. The lowest BCUT2D eigenvalue weighted by Crippen LogP contribution is -2.24. The smallest absolute Gasteiger partial charge is 0.162 e. The number of pyridine rings is 1. The van der Waals surface area contributed by atoms with E-state index in [1.807, 2.05) is 71.8 Å². The normalized spacial score (nSPS) is 14.1. The molecule has 0 aliphatic carbocycles. The number of rotatable bonds is 4. The number of anilines is 3. The molecule has 0 amide bonds. The van der Waals surface area contributed by atoms with Crippen LogP contribution in [0.4, 0.5) is 17.1 Å². The molecular weight excluding hydrogens is 675 g/mol. The molecule has 1 aliphatic heterocycles. The van der Waals surface area contributed by atoms with Crippen LogP contribution in [-0.4, -0.2) is 27.4 Å². The van der Waals surface area contributed by atoms with Gasteiger partial charge in [-0.3, -0.25) is 4.40 Å².